The van der Waals surface area contributed by atoms with Gasteiger partial charge in [-0.05, 0) is 24.6 Å². The Hall–Kier alpha value is -2.14. The van der Waals surface area contributed by atoms with Gasteiger partial charge in [0.1, 0.15) is 12.4 Å². The summed E-state index contributed by atoms with van der Waals surface area (Å²) in [6, 6.07) is 7.56. The normalized spacial score (nSPS) is 10.4. The highest BCUT2D eigenvalue weighted by Crippen LogP contribution is 2.29. The summed E-state index contributed by atoms with van der Waals surface area (Å²) in [5, 5.41) is 0. The summed E-state index contributed by atoms with van der Waals surface area (Å²) in [6.07, 6.45) is 1.56. The van der Waals surface area contributed by atoms with Crippen LogP contribution in [0.2, 0.25) is 0 Å². The van der Waals surface area contributed by atoms with E-state index < -0.39 is 0 Å². The number of rotatable bonds is 5. The summed E-state index contributed by atoms with van der Waals surface area (Å²) in [7, 11) is 1.62. The average molecular weight is 260 g/mol. The van der Waals surface area contributed by atoms with Crippen molar-refractivity contribution >= 4 is 0 Å². The molecule has 0 amide bonds. The maximum absolute atomic E-state index is 11.4. The fraction of sp³-hybridized carbons (Fsp3) is 0.286. The van der Waals surface area contributed by atoms with Gasteiger partial charge in [-0.3, -0.25) is 0 Å². The lowest BCUT2D eigenvalue weighted by Gasteiger charge is -2.12. The smallest absolute Gasteiger partial charge is 0.345 e. The second-order valence-corrected chi connectivity index (χ2v) is 4.08. The van der Waals surface area contributed by atoms with E-state index in [1.165, 1.54) is 0 Å². The van der Waals surface area contributed by atoms with E-state index >= 15 is 0 Å². The Balaban J connectivity index is 2.38. The van der Waals surface area contributed by atoms with Crippen molar-refractivity contribution in [1.29, 1.82) is 0 Å². The first-order valence-electron chi connectivity index (χ1n) is 5.99. The van der Waals surface area contributed by atoms with Crippen molar-refractivity contribution in [3.8, 4) is 17.0 Å². The van der Waals surface area contributed by atoms with Crippen LogP contribution in [0.3, 0.4) is 0 Å². The van der Waals surface area contributed by atoms with Gasteiger partial charge in [0, 0.05) is 18.9 Å². The summed E-state index contributed by atoms with van der Waals surface area (Å²) in [5.41, 5.74) is 2.10. The Morgan fingerprint density at radius 3 is 2.84 bits per heavy atom. The SMILES string of the molecule is COCCOc1ccccc1-c1[nH]c(=O)ncc1C. The molecule has 19 heavy (non-hydrogen) atoms. The monoisotopic (exact) mass is 260 g/mol. The molecule has 1 aromatic carbocycles. The Labute approximate surface area is 111 Å². The Morgan fingerprint density at radius 2 is 2.05 bits per heavy atom. The number of nitrogens with zero attached hydrogens (tertiary/aromatic N) is 1. The number of ether oxygens (including phenoxy) is 2. The summed E-state index contributed by atoms with van der Waals surface area (Å²) in [5.74, 6) is 0.713. The number of para-hydroxylation sites is 1. The number of hydrogen-bond donors (Lipinski definition) is 1. The van der Waals surface area contributed by atoms with Crippen LogP contribution >= 0.6 is 0 Å². The quantitative estimate of drug-likeness (QED) is 0.832. The topological polar surface area (TPSA) is 64.2 Å². The molecule has 2 rings (SSSR count). The number of aryl methyl sites for hydroxylation is 1. The first-order valence-corrected chi connectivity index (χ1v) is 5.99. The van der Waals surface area contributed by atoms with Gasteiger partial charge in [-0.25, -0.2) is 9.78 Å². The molecule has 100 valence electrons. The number of nitrogens with one attached hydrogen (secondary N) is 1. The number of aromatic nitrogens is 2. The molecule has 0 aliphatic heterocycles. The molecular formula is C14H16N2O3. The summed E-state index contributed by atoms with van der Waals surface area (Å²) in [4.78, 5) is 17.8. The number of aromatic amines is 1. The molecule has 5 nitrogen and oxygen atoms in total. The summed E-state index contributed by atoms with van der Waals surface area (Å²) in [6.45, 7) is 2.87. The van der Waals surface area contributed by atoms with Crippen LogP contribution < -0.4 is 10.4 Å². The predicted octanol–water partition coefficient (Wildman–Crippen LogP) is 1.77. The number of hydrogen-bond acceptors (Lipinski definition) is 4. The van der Waals surface area contributed by atoms with E-state index in [1.54, 1.807) is 13.3 Å². The van der Waals surface area contributed by atoms with Gasteiger partial charge < -0.3 is 14.5 Å². The molecule has 0 fully saturated rings. The lowest BCUT2D eigenvalue weighted by molar-refractivity contribution is 0.146. The van der Waals surface area contributed by atoms with Crippen molar-refractivity contribution in [2.45, 2.75) is 6.92 Å². The van der Waals surface area contributed by atoms with Crippen LogP contribution in [-0.4, -0.2) is 30.3 Å². The molecule has 0 radical (unpaired) electrons. The zero-order valence-corrected chi connectivity index (χ0v) is 11.0. The van der Waals surface area contributed by atoms with Gasteiger partial charge in [0.05, 0.1) is 12.3 Å². The van der Waals surface area contributed by atoms with Crippen molar-refractivity contribution in [1.82, 2.24) is 9.97 Å². The van der Waals surface area contributed by atoms with E-state index in [2.05, 4.69) is 9.97 Å². The van der Waals surface area contributed by atoms with Gasteiger partial charge in [0.15, 0.2) is 0 Å². The van der Waals surface area contributed by atoms with Crippen LogP contribution in [0.1, 0.15) is 5.56 Å². The third kappa shape index (κ3) is 3.20. The van der Waals surface area contributed by atoms with Gasteiger partial charge in [0.25, 0.3) is 0 Å². The molecule has 1 heterocycles. The average Bonchev–Trinajstić information content (AvgIpc) is 2.42. The third-order valence-electron chi connectivity index (χ3n) is 2.70. The van der Waals surface area contributed by atoms with E-state index in [9.17, 15) is 4.79 Å². The summed E-state index contributed by atoms with van der Waals surface area (Å²) >= 11 is 0. The second-order valence-electron chi connectivity index (χ2n) is 4.08. The van der Waals surface area contributed by atoms with E-state index in [-0.39, 0.29) is 5.69 Å². The van der Waals surface area contributed by atoms with Gasteiger partial charge in [0.2, 0.25) is 0 Å². The number of benzene rings is 1. The molecule has 2 aromatic rings. The van der Waals surface area contributed by atoms with E-state index in [0.29, 0.717) is 19.0 Å². The molecule has 0 unspecified atom stereocenters. The van der Waals surface area contributed by atoms with Crippen molar-refractivity contribution in [3.05, 3.63) is 46.5 Å². The Bertz CT molecular complexity index is 608. The van der Waals surface area contributed by atoms with E-state index in [0.717, 1.165) is 16.8 Å². The second kappa shape index (κ2) is 6.15. The zero-order chi connectivity index (χ0) is 13.7. The molecule has 0 bridgehead atoms. The number of H-pyrrole nitrogens is 1. The maximum Gasteiger partial charge on any atom is 0.345 e. The summed E-state index contributed by atoms with van der Waals surface area (Å²) < 4.78 is 10.6. The molecule has 5 heteroatoms. The molecule has 0 atom stereocenters. The highest BCUT2D eigenvalue weighted by molar-refractivity contribution is 5.69. The van der Waals surface area contributed by atoms with Crippen LogP contribution in [0.4, 0.5) is 0 Å². The third-order valence-corrected chi connectivity index (χ3v) is 2.70. The fourth-order valence-electron chi connectivity index (χ4n) is 1.77. The molecule has 1 N–H and O–H groups in total. The molecule has 0 spiro atoms. The van der Waals surface area contributed by atoms with Gasteiger partial charge in [-0.2, -0.15) is 0 Å². The lowest BCUT2D eigenvalue weighted by atomic mass is 10.1. The maximum atomic E-state index is 11.4. The van der Waals surface area contributed by atoms with Crippen LogP contribution in [0, 0.1) is 6.92 Å². The molecular weight excluding hydrogens is 244 g/mol. The zero-order valence-electron chi connectivity index (χ0n) is 11.0. The molecule has 0 saturated heterocycles. The molecule has 1 aromatic heterocycles. The van der Waals surface area contributed by atoms with Crippen LogP contribution in [0.25, 0.3) is 11.3 Å². The first kappa shape index (κ1) is 13.3. The van der Waals surface area contributed by atoms with E-state index in [4.69, 9.17) is 9.47 Å². The van der Waals surface area contributed by atoms with Crippen LogP contribution in [0.15, 0.2) is 35.3 Å². The minimum atomic E-state index is -0.368. The molecule has 0 aliphatic rings. The molecule has 0 saturated carbocycles. The lowest BCUT2D eigenvalue weighted by Crippen LogP contribution is -2.12. The van der Waals surface area contributed by atoms with Crippen molar-refractivity contribution in [2.75, 3.05) is 20.3 Å². The first-order chi connectivity index (χ1) is 9.22. The molecule has 0 aliphatic carbocycles. The highest BCUT2D eigenvalue weighted by Gasteiger charge is 2.09. The fourth-order valence-corrected chi connectivity index (χ4v) is 1.77. The van der Waals surface area contributed by atoms with Gasteiger partial charge >= 0.3 is 5.69 Å². The Kier molecular flexibility index (Phi) is 4.30. The van der Waals surface area contributed by atoms with Crippen molar-refractivity contribution < 1.29 is 9.47 Å². The minimum absolute atomic E-state index is 0.368. The Morgan fingerprint density at radius 1 is 1.26 bits per heavy atom. The van der Waals surface area contributed by atoms with Gasteiger partial charge in [-0.1, -0.05) is 12.1 Å². The largest absolute Gasteiger partial charge is 0.490 e. The van der Waals surface area contributed by atoms with Crippen LogP contribution in [-0.2, 0) is 4.74 Å². The highest BCUT2D eigenvalue weighted by atomic mass is 16.5. The van der Waals surface area contributed by atoms with Crippen molar-refractivity contribution in [3.63, 3.8) is 0 Å². The predicted molar refractivity (Wildman–Crippen MR) is 72.4 cm³/mol. The van der Waals surface area contributed by atoms with Gasteiger partial charge in [-0.15, -0.1) is 0 Å². The standard InChI is InChI=1S/C14H16N2O3/c1-10-9-15-14(17)16-13(10)11-5-3-4-6-12(11)19-8-7-18-2/h3-6,9H,7-8H2,1-2H3,(H,15,16,17). The van der Waals surface area contributed by atoms with E-state index in [1.807, 2.05) is 31.2 Å². The van der Waals surface area contributed by atoms with Crippen molar-refractivity contribution in [2.24, 2.45) is 0 Å². The number of methoxy groups -OCH3 is 1. The minimum Gasteiger partial charge on any atom is -0.490 e. The van der Waals surface area contributed by atoms with Crippen LogP contribution in [0.5, 0.6) is 5.75 Å².